The van der Waals surface area contributed by atoms with Gasteiger partial charge in [0.1, 0.15) is 51.7 Å². The topological polar surface area (TPSA) is 176 Å². The third-order valence-electron chi connectivity index (χ3n) is 4.71. The standard InChI is InChI=1S/C13H18O8.C12H20O6/c1-5-20-21-9-13(6-17-10(2)14,7-18-11(3)15)8-19-12(4)16;1-5-12(6-16-9(2)13,7-17-10(3)14)8-18-11(4)15/h1H,6-9H2,2-4H3;5-8H2,1-4H3. The fraction of sp³-hybridized carbons (Fsp3) is 0.680. The molecule has 0 saturated heterocycles. The Kier molecular flexibility index (Phi) is 19.3. The van der Waals surface area contributed by atoms with E-state index in [0.29, 0.717) is 6.42 Å². The summed E-state index contributed by atoms with van der Waals surface area (Å²) < 4.78 is 29.5. The fourth-order valence-electron chi connectivity index (χ4n) is 2.40. The highest BCUT2D eigenvalue weighted by Gasteiger charge is 2.37. The molecule has 0 amide bonds. The molecule has 0 unspecified atom stereocenters. The normalized spacial score (nSPS) is 10.4. The van der Waals surface area contributed by atoms with E-state index in [1.165, 1.54) is 41.5 Å². The Balaban J connectivity index is 0. The zero-order valence-corrected chi connectivity index (χ0v) is 23.4. The van der Waals surface area contributed by atoms with Gasteiger partial charge in [-0.25, -0.2) is 0 Å². The van der Waals surface area contributed by atoms with Gasteiger partial charge in [0.15, 0.2) is 6.11 Å². The summed E-state index contributed by atoms with van der Waals surface area (Å²) in [5.41, 5.74) is -1.82. The molecule has 0 rings (SSSR count). The molecule has 0 aliphatic carbocycles. The van der Waals surface area contributed by atoms with Crippen LogP contribution in [0.15, 0.2) is 0 Å². The second kappa shape index (κ2) is 20.1. The Labute approximate surface area is 227 Å². The van der Waals surface area contributed by atoms with Crippen LogP contribution in [0.5, 0.6) is 0 Å². The van der Waals surface area contributed by atoms with Crippen molar-refractivity contribution in [3.8, 4) is 12.5 Å². The minimum absolute atomic E-state index is 0.0411. The predicted octanol–water partition coefficient (Wildman–Crippen LogP) is 1.27. The fourth-order valence-corrected chi connectivity index (χ4v) is 2.40. The molecule has 0 spiro atoms. The van der Waals surface area contributed by atoms with Crippen LogP contribution >= 0.6 is 0 Å². The number of hydrogen-bond acceptors (Lipinski definition) is 14. The molecule has 0 aromatic rings. The maximum atomic E-state index is 11.0. The third kappa shape index (κ3) is 20.8. The Hall–Kier alpha value is -3.86. The van der Waals surface area contributed by atoms with E-state index < -0.39 is 46.6 Å². The molecule has 0 aromatic heterocycles. The van der Waals surface area contributed by atoms with E-state index in [9.17, 15) is 28.8 Å². The van der Waals surface area contributed by atoms with Gasteiger partial charge in [0.05, 0.1) is 5.41 Å². The van der Waals surface area contributed by atoms with Gasteiger partial charge in [0, 0.05) is 41.5 Å². The second-order valence-electron chi connectivity index (χ2n) is 8.50. The molecular formula is C25H38O14. The van der Waals surface area contributed by atoms with Gasteiger partial charge in [-0.1, -0.05) is 13.3 Å². The molecule has 0 aliphatic rings. The van der Waals surface area contributed by atoms with Gasteiger partial charge < -0.3 is 28.4 Å². The summed E-state index contributed by atoms with van der Waals surface area (Å²) in [6.07, 6.45) is 7.20. The molecule has 14 nitrogen and oxygen atoms in total. The van der Waals surface area contributed by atoms with E-state index >= 15 is 0 Å². The first-order valence-corrected chi connectivity index (χ1v) is 11.7. The lowest BCUT2D eigenvalue weighted by molar-refractivity contribution is -0.268. The number of esters is 6. The molecule has 39 heavy (non-hydrogen) atoms. The van der Waals surface area contributed by atoms with Crippen LogP contribution in [0.25, 0.3) is 0 Å². The molecule has 0 aliphatic heterocycles. The first-order valence-electron chi connectivity index (χ1n) is 11.7. The van der Waals surface area contributed by atoms with Gasteiger partial charge >= 0.3 is 35.8 Å². The number of carbonyl (C=O) groups is 6. The van der Waals surface area contributed by atoms with Crippen molar-refractivity contribution in [1.29, 1.82) is 0 Å². The van der Waals surface area contributed by atoms with Gasteiger partial charge in [0.25, 0.3) is 0 Å². The molecule has 0 fully saturated rings. The van der Waals surface area contributed by atoms with Crippen LogP contribution in [-0.4, -0.2) is 82.1 Å². The van der Waals surface area contributed by atoms with Crippen molar-refractivity contribution in [2.75, 3.05) is 46.2 Å². The minimum Gasteiger partial charge on any atom is -0.465 e. The average molecular weight is 563 g/mol. The first kappa shape index (κ1) is 37.3. The Morgan fingerprint density at radius 1 is 0.513 bits per heavy atom. The lowest BCUT2D eigenvalue weighted by Gasteiger charge is -2.30. The summed E-state index contributed by atoms with van der Waals surface area (Å²) in [6.45, 7) is 8.61. The van der Waals surface area contributed by atoms with Crippen molar-refractivity contribution < 1.29 is 67.0 Å². The van der Waals surface area contributed by atoms with E-state index in [2.05, 4.69) is 4.89 Å². The second-order valence-corrected chi connectivity index (χ2v) is 8.50. The monoisotopic (exact) mass is 562 g/mol. The van der Waals surface area contributed by atoms with Gasteiger partial charge in [-0.2, -0.15) is 4.89 Å². The van der Waals surface area contributed by atoms with Crippen molar-refractivity contribution in [1.82, 2.24) is 0 Å². The predicted molar refractivity (Wildman–Crippen MR) is 131 cm³/mol. The number of terminal acetylenes is 1. The van der Waals surface area contributed by atoms with E-state index in [0.717, 1.165) is 0 Å². The summed E-state index contributed by atoms with van der Waals surface area (Å²) in [7, 11) is 0. The Morgan fingerprint density at radius 2 is 0.769 bits per heavy atom. The van der Waals surface area contributed by atoms with Crippen molar-refractivity contribution in [2.24, 2.45) is 10.8 Å². The van der Waals surface area contributed by atoms with Crippen LogP contribution in [0.4, 0.5) is 0 Å². The minimum atomic E-state index is -1.13. The van der Waals surface area contributed by atoms with Crippen LogP contribution in [0.1, 0.15) is 54.9 Å². The van der Waals surface area contributed by atoms with Crippen molar-refractivity contribution >= 4 is 35.8 Å². The molecular weight excluding hydrogens is 524 g/mol. The molecule has 0 aromatic carbocycles. The van der Waals surface area contributed by atoms with E-state index in [4.69, 9.17) is 39.7 Å². The molecule has 0 heterocycles. The van der Waals surface area contributed by atoms with Crippen LogP contribution in [0.3, 0.4) is 0 Å². The van der Waals surface area contributed by atoms with Crippen molar-refractivity contribution in [2.45, 2.75) is 54.9 Å². The molecule has 0 radical (unpaired) electrons. The van der Waals surface area contributed by atoms with Crippen molar-refractivity contribution in [3.05, 3.63) is 0 Å². The quantitative estimate of drug-likeness (QED) is 0.0656. The number of carbonyl (C=O) groups excluding carboxylic acids is 6. The van der Waals surface area contributed by atoms with Crippen LogP contribution in [0, 0.1) is 23.4 Å². The van der Waals surface area contributed by atoms with Crippen LogP contribution in [0.2, 0.25) is 0 Å². The van der Waals surface area contributed by atoms with Crippen LogP contribution in [-0.2, 0) is 67.0 Å². The van der Waals surface area contributed by atoms with E-state index in [1.54, 1.807) is 6.11 Å². The van der Waals surface area contributed by atoms with Crippen molar-refractivity contribution in [3.63, 3.8) is 0 Å². The zero-order valence-electron chi connectivity index (χ0n) is 23.4. The third-order valence-corrected chi connectivity index (χ3v) is 4.71. The van der Waals surface area contributed by atoms with Gasteiger partial charge in [-0.3, -0.25) is 33.7 Å². The highest BCUT2D eigenvalue weighted by molar-refractivity contribution is 5.68. The zero-order chi connectivity index (χ0) is 30.5. The lowest BCUT2D eigenvalue weighted by Crippen LogP contribution is -2.43. The highest BCUT2D eigenvalue weighted by atomic mass is 17.2. The number of ether oxygens (including phenoxy) is 6. The molecule has 0 bridgehead atoms. The Bertz CT molecular complexity index is 766. The van der Waals surface area contributed by atoms with Gasteiger partial charge in [0.2, 0.25) is 0 Å². The first-order chi connectivity index (χ1) is 18.1. The molecule has 0 N–H and O–H groups in total. The van der Waals surface area contributed by atoms with E-state index in [1.807, 2.05) is 6.92 Å². The van der Waals surface area contributed by atoms with Gasteiger partial charge in [-0.05, 0) is 6.42 Å². The summed E-state index contributed by atoms with van der Waals surface area (Å²) in [4.78, 5) is 74.4. The van der Waals surface area contributed by atoms with Crippen LogP contribution < -0.4 is 0 Å². The summed E-state index contributed by atoms with van der Waals surface area (Å²) in [5, 5.41) is 0. The highest BCUT2D eigenvalue weighted by Crippen LogP contribution is 2.24. The molecule has 222 valence electrons. The lowest BCUT2D eigenvalue weighted by atomic mass is 9.88. The maximum absolute atomic E-state index is 11.0. The van der Waals surface area contributed by atoms with E-state index in [-0.39, 0.29) is 46.2 Å². The average Bonchev–Trinajstić information content (AvgIpc) is 2.84. The number of hydrogen-bond donors (Lipinski definition) is 0. The summed E-state index contributed by atoms with van der Waals surface area (Å²) in [5.74, 6) is -2.95. The maximum Gasteiger partial charge on any atom is 0.302 e. The largest absolute Gasteiger partial charge is 0.465 e. The number of rotatable bonds is 16. The summed E-state index contributed by atoms with van der Waals surface area (Å²) in [6, 6.07) is 0. The molecule has 0 saturated carbocycles. The molecule has 14 heteroatoms. The molecule has 0 atom stereocenters. The SMILES string of the molecule is C#COOCC(COC(C)=O)(COC(C)=O)COC(C)=O.CCC(COC(C)=O)(COC(C)=O)COC(C)=O. The smallest absolute Gasteiger partial charge is 0.302 e. The summed E-state index contributed by atoms with van der Waals surface area (Å²) >= 11 is 0. The Morgan fingerprint density at radius 3 is 0.974 bits per heavy atom. The van der Waals surface area contributed by atoms with Gasteiger partial charge in [-0.15, -0.1) is 0 Å².